The van der Waals surface area contributed by atoms with Crippen LogP contribution in [0.2, 0.25) is 0 Å². The van der Waals surface area contributed by atoms with Crippen molar-refractivity contribution in [3.8, 4) is 0 Å². The van der Waals surface area contributed by atoms with Crippen molar-refractivity contribution in [2.24, 2.45) is 5.92 Å². The molecule has 1 atom stereocenters. The standard InChI is InChI=1S/C12H11F6NO2/c13-11(14,15)9(12(16,17)18)10(21)19-8(6-20)7-4-2-1-3-5-7/h1-5,8-9,20H,6H2,(H,19,21)/t8-/m1/s1. The highest BCUT2D eigenvalue weighted by atomic mass is 19.4. The predicted molar refractivity (Wildman–Crippen MR) is 60.0 cm³/mol. The van der Waals surface area contributed by atoms with Crippen LogP contribution in [0.4, 0.5) is 26.3 Å². The van der Waals surface area contributed by atoms with E-state index in [9.17, 15) is 31.1 Å². The number of benzene rings is 1. The van der Waals surface area contributed by atoms with Crippen LogP contribution < -0.4 is 5.32 Å². The van der Waals surface area contributed by atoms with Crippen molar-refractivity contribution in [2.75, 3.05) is 6.61 Å². The maximum Gasteiger partial charge on any atom is 0.409 e. The smallest absolute Gasteiger partial charge is 0.394 e. The summed E-state index contributed by atoms with van der Waals surface area (Å²) in [6.07, 6.45) is -11.5. The molecule has 2 N–H and O–H groups in total. The molecular formula is C12H11F6NO2. The molecule has 9 heteroatoms. The highest BCUT2D eigenvalue weighted by Crippen LogP contribution is 2.39. The minimum atomic E-state index is -5.76. The van der Waals surface area contributed by atoms with E-state index in [-0.39, 0.29) is 5.56 Å². The molecule has 0 spiro atoms. The summed E-state index contributed by atoms with van der Waals surface area (Å²) >= 11 is 0. The molecule has 0 aliphatic carbocycles. The molecule has 1 aromatic carbocycles. The molecule has 0 saturated carbocycles. The van der Waals surface area contributed by atoms with Crippen LogP contribution in [0, 0.1) is 5.92 Å². The predicted octanol–water partition coefficient (Wildman–Crippen LogP) is 2.58. The monoisotopic (exact) mass is 315 g/mol. The van der Waals surface area contributed by atoms with Crippen molar-refractivity contribution in [3.05, 3.63) is 35.9 Å². The Kier molecular flexibility index (Phi) is 5.21. The summed E-state index contributed by atoms with van der Waals surface area (Å²) in [6, 6.07) is 5.86. The van der Waals surface area contributed by atoms with Gasteiger partial charge in [0.1, 0.15) is 0 Å². The highest BCUT2D eigenvalue weighted by Gasteiger charge is 2.61. The lowest BCUT2D eigenvalue weighted by Gasteiger charge is -2.25. The van der Waals surface area contributed by atoms with E-state index in [1.807, 2.05) is 0 Å². The second-order valence-corrected chi connectivity index (χ2v) is 4.17. The van der Waals surface area contributed by atoms with Gasteiger partial charge in [-0.15, -0.1) is 0 Å². The maximum atomic E-state index is 12.4. The average molecular weight is 315 g/mol. The van der Waals surface area contributed by atoms with E-state index in [4.69, 9.17) is 5.11 Å². The lowest BCUT2D eigenvalue weighted by atomic mass is 10.0. The molecular weight excluding hydrogens is 304 g/mol. The number of amides is 1. The molecule has 1 rings (SSSR count). The minimum absolute atomic E-state index is 0.191. The van der Waals surface area contributed by atoms with E-state index >= 15 is 0 Å². The summed E-state index contributed by atoms with van der Waals surface area (Å²) in [6.45, 7) is -0.835. The Hall–Kier alpha value is -1.77. The molecule has 1 amide bonds. The number of aliphatic hydroxyl groups is 1. The van der Waals surface area contributed by atoms with Crippen LogP contribution in [0.25, 0.3) is 0 Å². The molecule has 0 aliphatic rings. The summed E-state index contributed by atoms with van der Waals surface area (Å²) in [5, 5.41) is 10.6. The third-order valence-corrected chi connectivity index (χ3v) is 2.62. The van der Waals surface area contributed by atoms with Crippen LogP contribution >= 0.6 is 0 Å². The fourth-order valence-corrected chi connectivity index (χ4v) is 1.66. The van der Waals surface area contributed by atoms with Crippen molar-refractivity contribution >= 4 is 5.91 Å². The van der Waals surface area contributed by atoms with E-state index in [0.29, 0.717) is 0 Å². The number of hydrogen-bond donors (Lipinski definition) is 2. The summed E-state index contributed by atoms with van der Waals surface area (Å²) in [5.41, 5.74) is 0.191. The summed E-state index contributed by atoms with van der Waals surface area (Å²) in [4.78, 5) is 11.3. The lowest BCUT2D eigenvalue weighted by molar-refractivity contribution is -0.274. The number of alkyl halides is 6. The molecule has 0 radical (unpaired) electrons. The molecule has 0 unspecified atom stereocenters. The van der Waals surface area contributed by atoms with Crippen LogP contribution in [0.15, 0.2) is 30.3 Å². The van der Waals surface area contributed by atoms with E-state index in [1.165, 1.54) is 24.3 Å². The normalized spacial score (nSPS) is 14.1. The maximum absolute atomic E-state index is 12.4. The average Bonchev–Trinajstić information content (AvgIpc) is 2.33. The number of aliphatic hydroxyl groups excluding tert-OH is 1. The van der Waals surface area contributed by atoms with Gasteiger partial charge in [0.25, 0.3) is 0 Å². The summed E-state index contributed by atoms with van der Waals surface area (Å²) < 4.78 is 74.3. The molecule has 21 heavy (non-hydrogen) atoms. The van der Waals surface area contributed by atoms with Gasteiger partial charge in [-0.05, 0) is 5.56 Å². The van der Waals surface area contributed by atoms with Crippen LogP contribution in [0.5, 0.6) is 0 Å². The van der Waals surface area contributed by atoms with E-state index < -0.39 is 36.8 Å². The quantitative estimate of drug-likeness (QED) is 0.839. The lowest BCUT2D eigenvalue weighted by Crippen LogP contribution is -2.49. The first-order valence-corrected chi connectivity index (χ1v) is 5.67. The first-order valence-electron chi connectivity index (χ1n) is 5.67. The Bertz CT molecular complexity index is 457. The van der Waals surface area contributed by atoms with Gasteiger partial charge in [-0.3, -0.25) is 4.79 Å². The van der Waals surface area contributed by atoms with Crippen molar-refractivity contribution in [2.45, 2.75) is 18.4 Å². The molecule has 0 heterocycles. The third-order valence-electron chi connectivity index (χ3n) is 2.62. The zero-order valence-corrected chi connectivity index (χ0v) is 10.4. The van der Waals surface area contributed by atoms with Gasteiger partial charge in [0.05, 0.1) is 12.6 Å². The largest absolute Gasteiger partial charge is 0.409 e. The highest BCUT2D eigenvalue weighted by molar-refractivity contribution is 5.80. The van der Waals surface area contributed by atoms with Gasteiger partial charge >= 0.3 is 12.4 Å². The van der Waals surface area contributed by atoms with Gasteiger partial charge < -0.3 is 10.4 Å². The number of rotatable bonds is 4. The summed E-state index contributed by atoms with van der Waals surface area (Å²) in [7, 11) is 0. The van der Waals surface area contributed by atoms with E-state index in [2.05, 4.69) is 0 Å². The number of halogens is 6. The molecule has 0 fully saturated rings. The Morgan fingerprint density at radius 3 is 1.90 bits per heavy atom. The van der Waals surface area contributed by atoms with Crippen molar-refractivity contribution in [1.82, 2.24) is 5.32 Å². The molecule has 3 nitrogen and oxygen atoms in total. The fraction of sp³-hybridized carbons (Fsp3) is 0.417. The molecule has 0 bridgehead atoms. The zero-order valence-electron chi connectivity index (χ0n) is 10.4. The SMILES string of the molecule is O=C(N[C@H](CO)c1ccccc1)C(C(F)(F)F)C(F)(F)F. The Balaban J connectivity index is 2.96. The van der Waals surface area contributed by atoms with Crippen molar-refractivity contribution in [1.29, 1.82) is 0 Å². The molecule has 1 aromatic rings. The van der Waals surface area contributed by atoms with Gasteiger partial charge in [-0.1, -0.05) is 30.3 Å². The number of hydrogen-bond acceptors (Lipinski definition) is 2. The van der Waals surface area contributed by atoms with E-state index in [1.54, 1.807) is 11.4 Å². The second-order valence-electron chi connectivity index (χ2n) is 4.17. The molecule has 118 valence electrons. The Morgan fingerprint density at radius 2 is 1.52 bits per heavy atom. The first-order chi connectivity index (χ1) is 9.57. The van der Waals surface area contributed by atoms with Crippen LogP contribution in [0.1, 0.15) is 11.6 Å². The number of nitrogens with one attached hydrogen (secondary N) is 1. The minimum Gasteiger partial charge on any atom is -0.394 e. The first kappa shape index (κ1) is 17.3. The Labute approximate surface area is 115 Å². The molecule has 0 aliphatic heterocycles. The van der Waals surface area contributed by atoms with Crippen molar-refractivity contribution < 1.29 is 36.2 Å². The number of carbonyl (C=O) groups excluding carboxylic acids is 1. The van der Waals surface area contributed by atoms with Gasteiger partial charge in [-0.25, -0.2) is 0 Å². The van der Waals surface area contributed by atoms with Gasteiger partial charge in [0.15, 0.2) is 0 Å². The van der Waals surface area contributed by atoms with Crippen LogP contribution in [0.3, 0.4) is 0 Å². The molecule has 0 saturated heterocycles. The van der Waals surface area contributed by atoms with Crippen LogP contribution in [-0.2, 0) is 4.79 Å². The third kappa shape index (κ3) is 4.62. The summed E-state index contributed by atoms with van der Waals surface area (Å²) in [5.74, 6) is -6.39. The topological polar surface area (TPSA) is 49.3 Å². The zero-order chi connectivity index (χ0) is 16.3. The number of carbonyl (C=O) groups is 1. The van der Waals surface area contributed by atoms with Gasteiger partial charge in [0, 0.05) is 0 Å². The fourth-order valence-electron chi connectivity index (χ4n) is 1.66. The Morgan fingerprint density at radius 1 is 1.05 bits per heavy atom. The second kappa shape index (κ2) is 6.33. The molecule has 0 aromatic heterocycles. The van der Waals surface area contributed by atoms with Gasteiger partial charge in [0.2, 0.25) is 11.8 Å². The van der Waals surface area contributed by atoms with Crippen molar-refractivity contribution in [3.63, 3.8) is 0 Å². The van der Waals surface area contributed by atoms with E-state index in [0.717, 1.165) is 0 Å². The van der Waals surface area contributed by atoms with Crippen LogP contribution in [-0.4, -0.2) is 30.0 Å². The van der Waals surface area contributed by atoms with Gasteiger partial charge in [-0.2, -0.15) is 26.3 Å².